The Labute approximate surface area is 152 Å². The fraction of sp³-hybridized carbons (Fsp3) is 0.435. The van der Waals surface area contributed by atoms with Crippen LogP contribution < -0.4 is 4.74 Å². The van der Waals surface area contributed by atoms with Gasteiger partial charge in [0, 0.05) is 5.56 Å². The second-order valence-corrected chi connectivity index (χ2v) is 8.70. The molecule has 0 radical (unpaired) electrons. The van der Waals surface area contributed by atoms with Crippen LogP contribution in [0.4, 0.5) is 0 Å². The number of benzene rings is 1. The predicted octanol–water partition coefficient (Wildman–Crippen LogP) is 5.85. The van der Waals surface area contributed by atoms with E-state index in [0.717, 1.165) is 34.3 Å². The minimum absolute atomic E-state index is 0.0732. The molecule has 1 aliphatic rings. The number of hydrogen-bond acceptors (Lipinski definition) is 2. The van der Waals surface area contributed by atoms with Crippen LogP contribution in [-0.2, 0) is 4.79 Å². The van der Waals surface area contributed by atoms with Crippen LogP contribution in [0, 0.1) is 16.7 Å². The van der Waals surface area contributed by atoms with Crippen LogP contribution >= 0.6 is 0 Å². The van der Waals surface area contributed by atoms with Crippen molar-refractivity contribution in [3.05, 3.63) is 58.7 Å². The molecule has 25 heavy (non-hydrogen) atoms. The Hall–Kier alpha value is -2.09. The van der Waals surface area contributed by atoms with Crippen molar-refractivity contribution >= 4 is 12.4 Å². The van der Waals surface area contributed by atoms with Gasteiger partial charge in [0.2, 0.25) is 0 Å². The van der Waals surface area contributed by atoms with Crippen molar-refractivity contribution in [2.45, 2.75) is 41.5 Å². The summed E-state index contributed by atoms with van der Waals surface area (Å²) < 4.78 is 5.48. The smallest absolute Gasteiger partial charge is 0.131 e. The van der Waals surface area contributed by atoms with Crippen molar-refractivity contribution in [2.24, 2.45) is 16.7 Å². The zero-order valence-corrected chi connectivity index (χ0v) is 16.5. The first kappa shape index (κ1) is 19.2. The van der Waals surface area contributed by atoms with Crippen molar-refractivity contribution in [3.8, 4) is 5.75 Å². The quantitative estimate of drug-likeness (QED) is 0.646. The topological polar surface area (TPSA) is 26.3 Å². The molecule has 0 bridgehead atoms. The van der Waals surface area contributed by atoms with E-state index < -0.39 is 0 Å². The first-order chi connectivity index (χ1) is 11.6. The molecule has 0 saturated heterocycles. The van der Waals surface area contributed by atoms with Crippen molar-refractivity contribution in [1.82, 2.24) is 0 Å². The highest BCUT2D eigenvalue weighted by Gasteiger charge is 2.35. The number of ether oxygens (including phenoxy) is 1. The number of carbonyl (C=O) groups excluding carboxylic acids is 1. The molecule has 1 aromatic carbocycles. The van der Waals surface area contributed by atoms with Crippen molar-refractivity contribution in [2.75, 3.05) is 7.11 Å². The summed E-state index contributed by atoms with van der Waals surface area (Å²) in [5.41, 5.74) is 4.33. The maximum absolute atomic E-state index is 11.9. The lowest BCUT2D eigenvalue weighted by Crippen LogP contribution is -2.28. The number of hydrogen-bond donors (Lipinski definition) is 0. The third-order valence-electron chi connectivity index (χ3n) is 4.64. The van der Waals surface area contributed by atoms with Crippen LogP contribution in [0.5, 0.6) is 5.75 Å². The van der Waals surface area contributed by atoms with E-state index in [9.17, 15) is 4.79 Å². The number of rotatable bonds is 3. The van der Waals surface area contributed by atoms with Gasteiger partial charge in [-0.05, 0) is 39.7 Å². The number of aldehydes is 1. The van der Waals surface area contributed by atoms with E-state index in [-0.39, 0.29) is 16.7 Å². The number of carbonyl (C=O) groups is 1. The summed E-state index contributed by atoms with van der Waals surface area (Å²) in [6.07, 6.45) is 7.56. The molecule has 0 spiro atoms. The van der Waals surface area contributed by atoms with Gasteiger partial charge in [0.1, 0.15) is 12.0 Å². The third-order valence-corrected chi connectivity index (χ3v) is 4.64. The number of para-hydroxylation sites is 1. The van der Waals surface area contributed by atoms with E-state index in [0.29, 0.717) is 0 Å². The average molecular weight is 338 g/mol. The van der Waals surface area contributed by atoms with Crippen molar-refractivity contribution in [3.63, 3.8) is 0 Å². The Bertz CT molecular complexity index is 700. The van der Waals surface area contributed by atoms with Crippen LogP contribution in [0.25, 0.3) is 6.08 Å². The monoisotopic (exact) mass is 338 g/mol. The maximum Gasteiger partial charge on any atom is 0.131 e. The minimum atomic E-state index is -0.158. The lowest BCUT2D eigenvalue weighted by molar-refractivity contribution is -0.109. The van der Waals surface area contributed by atoms with E-state index in [1.165, 1.54) is 0 Å². The van der Waals surface area contributed by atoms with Crippen LogP contribution in [0.1, 0.15) is 47.1 Å². The van der Waals surface area contributed by atoms with Gasteiger partial charge in [0.15, 0.2) is 0 Å². The summed E-state index contributed by atoms with van der Waals surface area (Å²) in [5.74, 6) is 0.693. The van der Waals surface area contributed by atoms with E-state index in [1.54, 1.807) is 7.11 Å². The van der Waals surface area contributed by atoms with Gasteiger partial charge in [-0.25, -0.2) is 0 Å². The predicted molar refractivity (Wildman–Crippen MR) is 106 cm³/mol. The standard InChI is InChI=1S/C23H30O2/c1-22(2,3)19-13-16(12-17-10-8-9-11-21(17)25-7)14-20(18(19)15-24)23(4,5)6/h8-15,18H,1-7H3. The third kappa shape index (κ3) is 4.31. The molecule has 2 nitrogen and oxygen atoms in total. The zero-order valence-electron chi connectivity index (χ0n) is 16.5. The highest BCUT2D eigenvalue weighted by Crippen LogP contribution is 2.45. The van der Waals surface area contributed by atoms with E-state index in [4.69, 9.17) is 4.74 Å². The SMILES string of the molecule is COc1ccccc1C=C1C=C(C(C)(C)C)C(C=O)C(C(C)(C)C)=C1. The summed E-state index contributed by atoms with van der Waals surface area (Å²) in [4.78, 5) is 11.9. The molecule has 1 aromatic rings. The molecular weight excluding hydrogens is 308 g/mol. The molecule has 0 unspecified atom stereocenters. The first-order valence-electron chi connectivity index (χ1n) is 8.82. The molecule has 2 rings (SSSR count). The molecule has 0 saturated carbocycles. The van der Waals surface area contributed by atoms with Gasteiger partial charge in [0.05, 0.1) is 13.0 Å². The number of methoxy groups -OCH3 is 1. The van der Waals surface area contributed by atoms with Crippen molar-refractivity contribution in [1.29, 1.82) is 0 Å². The van der Waals surface area contributed by atoms with Gasteiger partial charge in [-0.2, -0.15) is 0 Å². The van der Waals surface area contributed by atoms with Gasteiger partial charge in [-0.3, -0.25) is 0 Å². The molecule has 0 aliphatic heterocycles. The maximum atomic E-state index is 11.9. The Morgan fingerprint density at radius 3 is 1.88 bits per heavy atom. The minimum Gasteiger partial charge on any atom is -0.496 e. The molecule has 0 amide bonds. The Morgan fingerprint density at radius 1 is 0.920 bits per heavy atom. The van der Waals surface area contributed by atoms with Crippen LogP contribution in [0.15, 0.2) is 53.1 Å². The summed E-state index contributed by atoms with van der Waals surface area (Å²) in [5, 5.41) is 0. The van der Waals surface area contributed by atoms with Gasteiger partial charge in [-0.1, -0.05) is 71.9 Å². The lowest BCUT2D eigenvalue weighted by atomic mass is 9.67. The lowest BCUT2D eigenvalue weighted by Gasteiger charge is -2.37. The van der Waals surface area contributed by atoms with Gasteiger partial charge in [0.25, 0.3) is 0 Å². The highest BCUT2D eigenvalue weighted by atomic mass is 16.5. The highest BCUT2D eigenvalue weighted by molar-refractivity contribution is 5.73. The molecule has 2 heteroatoms. The summed E-state index contributed by atoms with van der Waals surface area (Å²) in [7, 11) is 1.69. The van der Waals surface area contributed by atoms with E-state index >= 15 is 0 Å². The average Bonchev–Trinajstić information content (AvgIpc) is 2.53. The first-order valence-corrected chi connectivity index (χ1v) is 8.82. The zero-order chi connectivity index (χ0) is 18.8. The molecule has 0 N–H and O–H groups in total. The number of allylic oxidation sites excluding steroid dienone is 5. The van der Waals surface area contributed by atoms with E-state index in [1.807, 2.05) is 24.3 Å². The summed E-state index contributed by atoms with van der Waals surface area (Å²) in [6.45, 7) is 13.0. The molecular formula is C23H30O2. The molecule has 1 aliphatic carbocycles. The van der Waals surface area contributed by atoms with Crippen LogP contribution in [-0.4, -0.2) is 13.4 Å². The van der Waals surface area contributed by atoms with Crippen LogP contribution in [0.2, 0.25) is 0 Å². The second kappa shape index (κ2) is 7.03. The fourth-order valence-corrected chi connectivity index (χ4v) is 3.31. The fourth-order valence-electron chi connectivity index (χ4n) is 3.31. The molecule has 0 atom stereocenters. The Morgan fingerprint density at radius 2 is 1.44 bits per heavy atom. The van der Waals surface area contributed by atoms with Gasteiger partial charge < -0.3 is 9.53 Å². The molecule has 0 heterocycles. The molecule has 0 fully saturated rings. The normalized spacial score (nSPS) is 18.4. The summed E-state index contributed by atoms with van der Waals surface area (Å²) >= 11 is 0. The molecule has 0 aromatic heterocycles. The molecule has 134 valence electrons. The van der Waals surface area contributed by atoms with Gasteiger partial charge >= 0.3 is 0 Å². The van der Waals surface area contributed by atoms with Crippen molar-refractivity contribution < 1.29 is 9.53 Å². The summed E-state index contributed by atoms with van der Waals surface area (Å²) in [6, 6.07) is 7.99. The van der Waals surface area contributed by atoms with E-state index in [2.05, 4.69) is 59.8 Å². The second-order valence-electron chi connectivity index (χ2n) is 8.70. The Balaban J connectivity index is 2.65. The largest absolute Gasteiger partial charge is 0.496 e. The van der Waals surface area contributed by atoms with Crippen LogP contribution in [0.3, 0.4) is 0 Å². The van der Waals surface area contributed by atoms with Gasteiger partial charge in [-0.15, -0.1) is 0 Å². The Kier molecular flexibility index (Phi) is 5.41.